The largest absolute Gasteiger partial charge is 0.436 e. The summed E-state index contributed by atoms with van der Waals surface area (Å²) in [4.78, 5) is 11.8. The Morgan fingerprint density at radius 3 is 2.54 bits per heavy atom. The van der Waals surface area contributed by atoms with E-state index in [9.17, 15) is 18.0 Å². The Balaban J connectivity index is 2.04. The molecule has 3 heterocycles. The van der Waals surface area contributed by atoms with Crippen LogP contribution in [0.1, 0.15) is 5.69 Å². The number of alkyl halides is 3. The highest BCUT2D eigenvalue weighted by atomic mass is 35.5. The number of benzene rings is 1. The lowest BCUT2D eigenvalue weighted by Crippen LogP contribution is -2.14. The number of anilines is 1. The second-order valence-electron chi connectivity index (χ2n) is 6.31. The normalized spacial score (nSPS) is 12.1. The molecule has 4 rings (SSSR count). The number of hydrogen-bond donors (Lipinski definition) is 1. The van der Waals surface area contributed by atoms with E-state index < -0.39 is 16.9 Å². The van der Waals surface area contributed by atoms with Gasteiger partial charge in [-0.25, -0.2) is 4.52 Å². The monoisotopic (exact) mass is 406 g/mol. The topological polar surface area (TPSA) is 51.3 Å². The average molecular weight is 407 g/mol. The van der Waals surface area contributed by atoms with E-state index in [-0.39, 0.29) is 11.1 Å². The zero-order chi connectivity index (χ0) is 20.2. The van der Waals surface area contributed by atoms with Crippen molar-refractivity contribution < 1.29 is 13.2 Å². The number of nitrogens with one attached hydrogen (secondary N) is 1. The van der Waals surface area contributed by atoms with Gasteiger partial charge >= 0.3 is 6.18 Å². The second kappa shape index (κ2) is 6.27. The first-order valence-electron chi connectivity index (χ1n) is 8.28. The van der Waals surface area contributed by atoms with Gasteiger partial charge in [-0.05, 0) is 41.3 Å². The minimum Gasteiger partial charge on any atom is -0.373 e. The third-order valence-electron chi connectivity index (χ3n) is 4.68. The molecule has 5 nitrogen and oxygen atoms in total. The molecule has 144 valence electrons. The van der Waals surface area contributed by atoms with Gasteiger partial charge < -0.3 is 9.88 Å². The first-order chi connectivity index (χ1) is 13.2. The van der Waals surface area contributed by atoms with Crippen LogP contribution in [0.3, 0.4) is 0 Å². The predicted molar refractivity (Wildman–Crippen MR) is 103 cm³/mol. The Kier molecular flexibility index (Phi) is 4.11. The fourth-order valence-electron chi connectivity index (χ4n) is 3.27. The maximum Gasteiger partial charge on any atom is 0.436 e. The van der Waals surface area contributed by atoms with E-state index in [0.717, 1.165) is 15.4 Å². The fourth-order valence-corrected chi connectivity index (χ4v) is 3.60. The van der Waals surface area contributed by atoms with Crippen LogP contribution in [0, 0.1) is 0 Å². The Labute approximate surface area is 162 Å². The van der Waals surface area contributed by atoms with Crippen molar-refractivity contribution in [1.82, 2.24) is 14.2 Å². The summed E-state index contributed by atoms with van der Waals surface area (Å²) in [5.74, 6) is 0.374. The summed E-state index contributed by atoms with van der Waals surface area (Å²) in [6, 6.07) is 11.8. The van der Waals surface area contributed by atoms with Crippen LogP contribution in [0.5, 0.6) is 0 Å². The number of aromatic nitrogens is 3. The lowest BCUT2D eigenvalue weighted by atomic mass is 10.0. The molecule has 0 aliphatic rings. The van der Waals surface area contributed by atoms with Crippen molar-refractivity contribution in [2.24, 2.45) is 7.05 Å². The molecule has 0 amide bonds. The van der Waals surface area contributed by atoms with Gasteiger partial charge in [0.15, 0.2) is 5.69 Å². The molecule has 0 spiro atoms. The molecule has 3 aromatic heterocycles. The number of aryl methyl sites for hydroxylation is 1. The molecule has 1 N–H and O–H groups in total. The number of fused-ring (bicyclic) bond motifs is 2. The van der Waals surface area contributed by atoms with Crippen LogP contribution in [0.15, 0.2) is 47.3 Å². The van der Waals surface area contributed by atoms with Crippen molar-refractivity contribution in [3.63, 3.8) is 0 Å². The zero-order valence-electron chi connectivity index (χ0n) is 14.8. The van der Waals surface area contributed by atoms with Crippen LogP contribution < -0.4 is 10.9 Å². The maximum atomic E-state index is 13.3. The van der Waals surface area contributed by atoms with Crippen LogP contribution >= 0.6 is 11.6 Å². The Morgan fingerprint density at radius 1 is 1.11 bits per heavy atom. The predicted octanol–water partition coefficient (Wildman–Crippen LogP) is 4.57. The number of halogens is 4. The quantitative estimate of drug-likeness (QED) is 0.530. The van der Waals surface area contributed by atoms with Gasteiger partial charge in [-0.2, -0.15) is 18.3 Å². The molecular formula is C19H14ClF3N4O. The first kappa shape index (κ1) is 18.4. The summed E-state index contributed by atoms with van der Waals surface area (Å²) < 4.78 is 42.7. The van der Waals surface area contributed by atoms with E-state index in [2.05, 4.69) is 10.4 Å². The third-order valence-corrected chi connectivity index (χ3v) is 5.04. The molecule has 0 unspecified atom stereocenters. The van der Waals surface area contributed by atoms with Crippen molar-refractivity contribution in [3.05, 3.63) is 63.5 Å². The lowest BCUT2D eigenvalue weighted by molar-refractivity contribution is -0.141. The van der Waals surface area contributed by atoms with Gasteiger partial charge in [0.1, 0.15) is 5.82 Å². The summed E-state index contributed by atoms with van der Waals surface area (Å²) in [5.41, 5.74) is 0.757. The summed E-state index contributed by atoms with van der Waals surface area (Å²) in [6.45, 7) is 0. The van der Waals surface area contributed by atoms with Crippen molar-refractivity contribution in [3.8, 4) is 11.1 Å². The molecule has 0 fully saturated rings. The van der Waals surface area contributed by atoms with E-state index in [1.54, 1.807) is 50.5 Å². The molecular weight excluding hydrogens is 393 g/mol. The highest BCUT2D eigenvalue weighted by Gasteiger charge is 2.38. The molecule has 1 aromatic carbocycles. The van der Waals surface area contributed by atoms with E-state index in [1.165, 1.54) is 10.6 Å². The van der Waals surface area contributed by atoms with E-state index >= 15 is 0 Å². The molecule has 0 aliphatic carbocycles. The first-order valence-corrected chi connectivity index (χ1v) is 8.66. The highest BCUT2D eigenvalue weighted by Crippen LogP contribution is 2.40. The fraction of sp³-hybridized carbons (Fsp3) is 0.158. The average Bonchev–Trinajstić information content (AvgIpc) is 3.02. The van der Waals surface area contributed by atoms with Gasteiger partial charge in [0.05, 0.1) is 16.1 Å². The van der Waals surface area contributed by atoms with Crippen molar-refractivity contribution in [1.29, 1.82) is 0 Å². The molecule has 0 aliphatic heterocycles. The Bertz CT molecular complexity index is 1290. The minimum atomic E-state index is -4.67. The van der Waals surface area contributed by atoms with Gasteiger partial charge in [0.25, 0.3) is 5.56 Å². The number of nitrogens with zero attached hydrogens (tertiary/aromatic N) is 3. The van der Waals surface area contributed by atoms with Crippen molar-refractivity contribution in [2.75, 3.05) is 12.4 Å². The molecule has 4 aromatic rings. The van der Waals surface area contributed by atoms with Crippen LogP contribution in [0.25, 0.3) is 27.5 Å². The Hall–Kier alpha value is -3.00. The van der Waals surface area contributed by atoms with Crippen LogP contribution in [-0.4, -0.2) is 21.2 Å². The number of rotatable bonds is 2. The smallest absolute Gasteiger partial charge is 0.373 e. The highest BCUT2D eigenvalue weighted by molar-refractivity contribution is 6.35. The van der Waals surface area contributed by atoms with Gasteiger partial charge in [-0.1, -0.05) is 17.7 Å². The van der Waals surface area contributed by atoms with E-state index in [1.807, 2.05) is 0 Å². The number of pyridine rings is 2. The zero-order valence-corrected chi connectivity index (χ0v) is 15.6. The Morgan fingerprint density at radius 2 is 1.86 bits per heavy atom. The minimum absolute atomic E-state index is 0.144. The number of hydrogen-bond acceptors (Lipinski definition) is 3. The molecule has 0 atom stereocenters. The lowest BCUT2D eigenvalue weighted by Gasteiger charge is -2.11. The maximum absolute atomic E-state index is 13.3. The van der Waals surface area contributed by atoms with Crippen LogP contribution in [0.2, 0.25) is 5.02 Å². The summed E-state index contributed by atoms with van der Waals surface area (Å²) in [6.07, 6.45) is -4.67. The van der Waals surface area contributed by atoms with E-state index in [0.29, 0.717) is 16.9 Å². The summed E-state index contributed by atoms with van der Waals surface area (Å²) in [7, 11) is 3.25. The van der Waals surface area contributed by atoms with Crippen LogP contribution in [-0.2, 0) is 13.2 Å². The molecule has 0 saturated heterocycles. The SMILES string of the molecule is CNc1ccc(-c2ccc3c(ccc(=O)n3C)c2)c2c(Cl)c(C(F)(F)F)nn12. The van der Waals surface area contributed by atoms with E-state index in [4.69, 9.17) is 11.6 Å². The molecule has 0 radical (unpaired) electrons. The molecule has 28 heavy (non-hydrogen) atoms. The van der Waals surface area contributed by atoms with Crippen molar-refractivity contribution in [2.45, 2.75) is 6.18 Å². The standard InChI is InChI=1S/C19H14ClF3N4O/c1-24-14-7-5-12(17-16(20)18(19(21,22)23)25-27(14)17)10-3-6-13-11(9-10)4-8-15(28)26(13)2/h3-9,24H,1-2H3. The molecule has 0 bridgehead atoms. The summed E-state index contributed by atoms with van der Waals surface area (Å²) >= 11 is 6.11. The summed E-state index contributed by atoms with van der Waals surface area (Å²) in [5, 5.41) is 6.82. The van der Waals surface area contributed by atoms with Gasteiger partial charge in [0, 0.05) is 25.7 Å². The van der Waals surface area contributed by atoms with Crippen LogP contribution in [0.4, 0.5) is 19.0 Å². The third kappa shape index (κ3) is 2.72. The van der Waals surface area contributed by atoms with Gasteiger partial charge in [0.2, 0.25) is 0 Å². The molecule has 0 saturated carbocycles. The second-order valence-corrected chi connectivity index (χ2v) is 6.69. The molecule has 9 heteroatoms. The van der Waals surface area contributed by atoms with Crippen molar-refractivity contribution >= 4 is 33.8 Å². The van der Waals surface area contributed by atoms with Gasteiger partial charge in [-0.15, -0.1) is 0 Å². The van der Waals surface area contributed by atoms with Gasteiger partial charge in [-0.3, -0.25) is 4.79 Å².